The maximum atomic E-state index is 12.2. The minimum absolute atomic E-state index is 0.0115. The number of carbonyl (C=O) groups excluding carboxylic acids is 2. The third-order valence-corrected chi connectivity index (χ3v) is 4.31. The summed E-state index contributed by atoms with van der Waals surface area (Å²) in [6.45, 7) is 5.79. The zero-order valence-corrected chi connectivity index (χ0v) is 12.9. The lowest BCUT2D eigenvalue weighted by atomic mass is 10.1. The summed E-state index contributed by atoms with van der Waals surface area (Å²) in [6, 6.07) is 5.39. The molecule has 1 aromatic rings. The predicted molar refractivity (Wildman–Crippen MR) is 85.0 cm³/mol. The second-order valence-corrected chi connectivity index (χ2v) is 6.00. The molecule has 0 aliphatic carbocycles. The fourth-order valence-electron chi connectivity index (χ4n) is 2.86. The Morgan fingerprint density at radius 3 is 2.82 bits per heavy atom. The number of carbonyl (C=O) groups is 2. The molecule has 2 N–H and O–H groups in total. The number of piperazine rings is 1. The van der Waals surface area contributed by atoms with Crippen LogP contribution in [0.25, 0.3) is 0 Å². The van der Waals surface area contributed by atoms with E-state index in [0.29, 0.717) is 18.5 Å². The molecule has 0 atom stereocenters. The summed E-state index contributed by atoms with van der Waals surface area (Å²) in [5, 5.41) is 5.73. The molecule has 1 aromatic carbocycles. The first-order valence-electron chi connectivity index (χ1n) is 7.74. The van der Waals surface area contributed by atoms with Gasteiger partial charge in [0.05, 0.1) is 6.42 Å². The monoisotopic (exact) mass is 302 g/mol. The van der Waals surface area contributed by atoms with Gasteiger partial charge in [-0.25, -0.2) is 0 Å². The van der Waals surface area contributed by atoms with Crippen LogP contribution in [0.3, 0.4) is 0 Å². The molecule has 2 aliphatic rings. The second-order valence-electron chi connectivity index (χ2n) is 6.00. The first kappa shape index (κ1) is 15.0. The number of fused-ring (bicyclic) bond motifs is 1. The second kappa shape index (κ2) is 6.46. The molecule has 0 saturated carbocycles. The van der Waals surface area contributed by atoms with Gasteiger partial charge in [0.1, 0.15) is 0 Å². The number of nitrogens with one attached hydrogen (secondary N) is 2. The van der Waals surface area contributed by atoms with Crippen LogP contribution in [0.2, 0.25) is 0 Å². The van der Waals surface area contributed by atoms with Gasteiger partial charge in [-0.1, -0.05) is 6.07 Å². The quantitative estimate of drug-likeness (QED) is 0.831. The van der Waals surface area contributed by atoms with E-state index >= 15 is 0 Å². The van der Waals surface area contributed by atoms with E-state index in [1.165, 1.54) is 0 Å². The molecule has 0 aromatic heterocycles. The SMILES string of the molecule is CN1CCN(CCNC(=O)c2ccc3c(c2)NC(=O)C3)CC1. The summed E-state index contributed by atoms with van der Waals surface area (Å²) in [7, 11) is 2.13. The highest BCUT2D eigenvalue weighted by atomic mass is 16.2. The van der Waals surface area contributed by atoms with Crippen LogP contribution in [-0.4, -0.2) is 67.9 Å². The van der Waals surface area contributed by atoms with Crippen molar-refractivity contribution in [1.29, 1.82) is 0 Å². The van der Waals surface area contributed by atoms with E-state index in [1.54, 1.807) is 12.1 Å². The highest BCUT2D eigenvalue weighted by Gasteiger charge is 2.19. The van der Waals surface area contributed by atoms with Gasteiger partial charge in [-0.2, -0.15) is 0 Å². The number of likely N-dealkylation sites (N-methyl/N-ethyl adjacent to an activating group) is 1. The lowest BCUT2D eigenvalue weighted by Gasteiger charge is -2.32. The molecule has 0 radical (unpaired) electrons. The maximum absolute atomic E-state index is 12.2. The zero-order chi connectivity index (χ0) is 15.5. The molecule has 22 heavy (non-hydrogen) atoms. The fraction of sp³-hybridized carbons (Fsp3) is 0.500. The molecule has 6 heteroatoms. The molecular formula is C16H22N4O2. The Morgan fingerprint density at radius 2 is 2.05 bits per heavy atom. The van der Waals surface area contributed by atoms with Crippen molar-refractivity contribution in [3.8, 4) is 0 Å². The smallest absolute Gasteiger partial charge is 0.251 e. The van der Waals surface area contributed by atoms with E-state index < -0.39 is 0 Å². The minimum atomic E-state index is -0.0851. The molecule has 0 unspecified atom stereocenters. The Bertz CT molecular complexity index is 580. The minimum Gasteiger partial charge on any atom is -0.351 e. The van der Waals surface area contributed by atoms with E-state index in [4.69, 9.17) is 0 Å². The van der Waals surface area contributed by atoms with E-state index in [1.807, 2.05) is 6.07 Å². The van der Waals surface area contributed by atoms with Gasteiger partial charge in [-0.15, -0.1) is 0 Å². The summed E-state index contributed by atoms with van der Waals surface area (Å²) in [5.41, 5.74) is 2.31. The normalized spacial score (nSPS) is 18.9. The number of hydrogen-bond donors (Lipinski definition) is 2. The van der Waals surface area contributed by atoms with Gasteiger partial charge in [0.15, 0.2) is 0 Å². The number of benzene rings is 1. The maximum Gasteiger partial charge on any atom is 0.251 e. The van der Waals surface area contributed by atoms with Gasteiger partial charge >= 0.3 is 0 Å². The molecule has 1 fully saturated rings. The number of hydrogen-bond acceptors (Lipinski definition) is 4. The Balaban J connectivity index is 1.48. The molecule has 2 heterocycles. The molecule has 2 amide bonds. The molecule has 3 rings (SSSR count). The van der Waals surface area contributed by atoms with Crippen LogP contribution in [0.5, 0.6) is 0 Å². The van der Waals surface area contributed by atoms with Gasteiger partial charge < -0.3 is 15.5 Å². The lowest BCUT2D eigenvalue weighted by Crippen LogP contribution is -2.46. The average molecular weight is 302 g/mol. The summed E-state index contributed by atoms with van der Waals surface area (Å²) in [6.07, 6.45) is 0.403. The summed E-state index contributed by atoms with van der Waals surface area (Å²) in [5.74, 6) is -0.0966. The highest BCUT2D eigenvalue weighted by Crippen LogP contribution is 2.23. The summed E-state index contributed by atoms with van der Waals surface area (Å²) in [4.78, 5) is 28.2. The fourth-order valence-corrected chi connectivity index (χ4v) is 2.86. The van der Waals surface area contributed by atoms with Crippen LogP contribution in [0.1, 0.15) is 15.9 Å². The standard InChI is InChI=1S/C16H22N4O2/c1-19-6-8-20(9-7-19)5-4-17-16(22)13-3-2-12-11-15(21)18-14(12)10-13/h2-3,10H,4-9,11H2,1H3,(H,17,22)(H,18,21). The van der Waals surface area contributed by atoms with Gasteiger partial charge in [0.2, 0.25) is 5.91 Å². The van der Waals surface area contributed by atoms with Gasteiger partial charge in [-0.3, -0.25) is 14.5 Å². The van der Waals surface area contributed by atoms with Gasteiger partial charge in [0.25, 0.3) is 5.91 Å². The number of anilines is 1. The Kier molecular flexibility index (Phi) is 4.40. The topological polar surface area (TPSA) is 64.7 Å². The van der Waals surface area contributed by atoms with Crippen LogP contribution in [0, 0.1) is 0 Å². The molecular weight excluding hydrogens is 280 g/mol. The van der Waals surface area contributed by atoms with Crippen LogP contribution >= 0.6 is 0 Å². The largest absolute Gasteiger partial charge is 0.351 e. The molecule has 0 bridgehead atoms. The van der Waals surface area contributed by atoms with Crippen molar-refractivity contribution in [3.63, 3.8) is 0 Å². The number of nitrogens with zero attached hydrogens (tertiary/aromatic N) is 2. The van der Waals surface area contributed by atoms with Crippen molar-refractivity contribution in [2.24, 2.45) is 0 Å². The van der Waals surface area contributed by atoms with Crippen molar-refractivity contribution in [1.82, 2.24) is 15.1 Å². The Labute approximate surface area is 130 Å². The van der Waals surface area contributed by atoms with E-state index in [9.17, 15) is 9.59 Å². The van der Waals surface area contributed by atoms with E-state index in [-0.39, 0.29) is 11.8 Å². The van der Waals surface area contributed by atoms with E-state index in [0.717, 1.165) is 44.0 Å². The van der Waals surface area contributed by atoms with Crippen LogP contribution in [-0.2, 0) is 11.2 Å². The number of rotatable bonds is 4. The van der Waals surface area contributed by atoms with Crippen molar-refractivity contribution in [2.75, 3.05) is 51.6 Å². The Morgan fingerprint density at radius 1 is 1.27 bits per heavy atom. The average Bonchev–Trinajstić information content (AvgIpc) is 2.88. The van der Waals surface area contributed by atoms with Crippen LogP contribution < -0.4 is 10.6 Å². The first-order valence-corrected chi connectivity index (χ1v) is 7.74. The molecule has 6 nitrogen and oxygen atoms in total. The van der Waals surface area contributed by atoms with Crippen molar-refractivity contribution in [2.45, 2.75) is 6.42 Å². The third-order valence-electron chi connectivity index (χ3n) is 4.31. The van der Waals surface area contributed by atoms with E-state index in [2.05, 4.69) is 27.5 Å². The van der Waals surface area contributed by atoms with Gasteiger partial charge in [-0.05, 0) is 24.7 Å². The van der Waals surface area contributed by atoms with Crippen molar-refractivity contribution in [3.05, 3.63) is 29.3 Å². The van der Waals surface area contributed by atoms with Crippen molar-refractivity contribution < 1.29 is 9.59 Å². The third kappa shape index (κ3) is 3.45. The van der Waals surface area contributed by atoms with Crippen LogP contribution in [0.15, 0.2) is 18.2 Å². The highest BCUT2D eigenvalue weighted by molar-refractivity contribution is 6.02. The summed E-state index contributed by atoms with van der Waals surface area (Å²) < 4.78 is 0. The summed E-state index contributed by atoms with van der Waals surface area (Å²) >= 11 is 0. The number of amides is 2. The zero-order valence-electron chi connectivity index (χ0n) is 12.9. The molecule has 1 saturated heterocycles. The molecule has 118 valence electrons. The lowest BCUT2D eigenvalue weighted by molar-refractivity contribution is -0.115. The molecule has 0 spiro atoms. The van der Waals surface area contributed by atoms with Crippen LogP contribution in [0.4, 0.5) is 5.69 Å². The van der Waals surface area contributed by atoms with Gasteiger partial charge in [0, 0.05) is 50.5 Å². The predicted octanol–water partition coefficient (Wildman–Crippen LogP) is 0.158. The van der Waals surface area contributed by atoms with Crippen molar-refractivity contribution >= 4 is 17.5 Å². The first-order chi connectivity index (χ1) is 10.6. The Hall–Kier alpha value is -1.92. The molecule has 2 aliphatic heterocycles.